The molecule has 0 radical (unpaired) electrons. The zero-order chi connectivity index (χ0) is 15.9. The van der Waals surface area contributed by atoms with Gasteiger partial charge in [-0.1, -0.05) is 0 Å². The molecule has 2 atom stereocenters. The topological polar surface area (TPSA) is 97.6 Å². The molecule has 1 aromatic carbocycles. The number of carbonyl (C=O) groups excluding carboxylic acids is 2. The SMILES string of the molecule is COCN1C(=O)C2CCCN2C(=O)c2ccc([NH+]([O-])O)cc21. The number of rotatable bonds is 3. The fourth-order valence-corrected chi connectivity index (χ4v) is 3.05. The summed E-state index contributed by atoms with van der Waals surface area (Å²) in [6.07, 6.45) is 1.40. The summed E-state index contributed by atoms with van der Waals surface area (Å²) < 4.78 is 5.08. The van der Waals surface area contributed by atoms with Crippen molar-refractivity contribution in [1.29, 1.82) is 0 Å². The zero-order valence-electron chi connectivity index (χ0n) is 12.1. The summed E-state index contributed by atoms with van der Waals surface area (Å²) in [4.78, 5) is 28.3. The van der Waals surface area contributed by atoms with Crippen LogP contribution in [0.5, 0.6) is 0 Å². The number of nitrogens with zero attached hydrogens (tertiary/aromatic N) is 2. The minimum atomic E-state index is -1.11. The highest BCUT2D eigenvalue weighted by molar-refractivity contribution is 6.11. The van der Waals surface area contributed by atoms with E-state index in [0.717, 1.165) is 6.42 Å². The quantitative estimate of drug-likeness (QED) is 0.744. The highest BCUT2D eigenvalue weighted by Crippen LogP contribution is 2.33. The Morgan fingerprint density at radius 3 is 2.91 bits per heavy atom. The van der Waals surface area contributed by atoms with E-state index in [0.29, 0.717) is 24.2 Å². The minimum Gasteiger partial charge on any atom is -0.595 e. The summed E-state index contributed by atoms with van der Waals surface area (Å²) in [5, 5.41) is 19.2. The maximum Gasteiger partial charge on any atom is 0.256 e. The van der Waals surface area contributed by atoms with Crippen LogP contribution in [0.15, 0.2) is 18.2 Å². The van der Waals surface area contributed by atoms with E-state index in [1.54, 1.807) is 4.90 Å². The first kappa shape index (κ1) is 14.9. The summed E-state index contributed by atoms with van der Waals surface area (Å²) >= 11 is 0. The molecule has 2 N–H and O–H groups in total. The lowest BCUT2D eigenvalue weighted by molar-refractivity contribution is -0.991. The number of anilines is 1. The Morgan fingerprint density at radius 2 is 2.23 bits per heavy atom. The first-order valence-corrected chi connectivity index (χ1v) is 7.03. The van der Waals surface area contributed by atoms with Gasteiger partial charge in [-0.05, 0) is 18.9 Å². The Hall–Kier alpha value is -2.00. The number of carbonyl (C=O) groups is 2. The van der Waals surface area contributed by atoms with Crippen LogP contribution >= 0.6 is 0 Å². The van der Waals surface area contributed by atoms with Crippen LogP contribution in [0.2, 0.25) is 0 Å². The fraction of sp³-hybridized carbons (Fsp3) is 0.429. The number of hydrogen-bond donors (Lipinski definition) is 2. The van der Waals surface area contributed by atoms with E-state index in [4.69, 9.17) is 9.94 Å². The third-order valence-corrected chi connectivity index (χ3v) is 4.09. The van der Waals surface area contributed by atoms with Gasteiger partial charge in [-0.15, -0.1) is 0 Å². The second kappa shape index (κ2) is 5.65. The van der Waals surface area contributed by atoms with Crippen molar-refractivity contribution in [1.82, 2.24) is 4.90 Å². The van der Waals surface area contributed by atoms with E-state index in [1.807, 2.05) is 0 Å². The molecule has 1 aromatic rings. The second-order valence-corrected chi connectivity index (χ2v) is 5.38. The van der Waals surface area contributed by atoms with Crippen LogP contribution in [-0.2, 0) is 9.53 Å². The lowest BCUT2D eigenvalue weighted by Crippen LogP contribution is -2.99. The lowest BCUT2D eigenvalue weighted by Gasteiger charge is -2.25. The van der Waals surface area contributed by atoms with Crippen LogP contribution in [0.3, 0.4) is 0 Å². The fourth-order valence-electron chi connectivity index (χ4n) is 3.05. The maximum atomic E-state index is 12.7. The summed E-state index contributed by atoms with van der Waals surface area (Å²) in [6.45, 7) is 0.517. The van der Waals surface area contributed by atoms with Gasteiger partial charge < -0.3 is 14.8 Å². The maximum absolute atomic E-state index is 12.7. The molecule has 0 aromatic heterocycles. The molecule has 22 heavy (non-hydrogen) atoms. The number of hydrogen-bond acceptors (Lipinski definition) is 5. The van der Waals surface area contributed by atoms with E-state index in [9.17, 15) is 14.8 Å². The van der Waals surface area contributed by atoms with Crippen molar-refractivity contribution >= 4 is 23.2 Å². The smallest absolute Gasteiger partial charge is 0.256 e. The van der Waals surface area contributed by atoms with Gasteiger partial charge in [-0.25, -0.2) is 5.21 Å². The number of amides is 2. The molecule has 0 aliphatic carbocycles. The molecule has 2 heterocycles. The van der Waals surface area contributed by atoms with Gasteiger partial charge in [0.25, 0.3) is 11.8 Å². The van der Waals surface area contributed by atoms with Crippen molar-refractivity contribution in [3.05, 3.63) is 29.0 Å². The number of benzene rings is 1. The van der Waals surface area contributed by atoms with Crippen LogP contribution in [0.25, 0.3) is 0 Å². The first-order chi connectivity index (χ1) is 10.5. The number of methoxy groups -OCH3 is 1. The average Bonchev–Trinajstić information content (AvgIpc) is 2.97. The molecule has 0 bridgehead atoms. The Bertz CT molecular complexity index is 618. The number of fused-ring (bicyclic) bond motifs is 2. The molecule has 8 nitrogen and oxygen atoms in total. The van der Waals surface area contributed by atoms with E-state index in [-0.39, 0.29) is 24.2 Å². The Morgan fingerprint density at radius 1 is 1.45 bits per heavy atom. The molecular formula is C14H17N3O5. The predicted molar refractivity (Wildman–Crippen MR) is 75.6 cm³/mol. The third kappa shape index (κ3) is 2.26. The van der Waals surface area contributed by atoms with Crippen LogP contribution in [0, 0.1) is 5.21 Å². The molecule has 0 spiro atoms. The highest BCUT2D eigenvalue weighted by Gasteiger charge is 2.42. The molecule has 0 saturated carbocycles. The van der Waals surface area contributed by atoms with E-state index < -0.39 is 11.3 Å². The van der Waals surface area contributed by atoms with Crippen LogP contribution < -0.4 is 10.1 Å². The summed E-state index contributed by atoms with van der Waals surface area (Å²) in [5.74, 6) is -0.463. The number of ether oxygens (including phenoxy) is 1. The van der Waals surface area contributed by atoms with Gasteiger partial charge >= 0.3 is 0 Å². The monoisotopic (exact) mass is 307 g/mol. The third-order valence-electron chi connectivity index (χ3n) is 4.09. The normalized spacial score (nSPS) is 22.4. The van der Waals surface area contributed by atoms with Crippen molar-refractivity contribution in [3.63, 3.8) is 0 Å². The highest BCUT2D eigenvalue weighted by atomic mass is 16.8. The Balaban J connectivity index is 2.14. The van der Waals surface area contributed by atoms with Crippen LogP contribution in [0.4, 0.5) is 11.4 Å². The van der Waals surface area contributed by atoms with Crippen LogP contribution in [0.1, 0.15) is 23.2 Å². The number of quaternary nitrogens is 1. The molecule has 8 heteroatoms. The lowest BCUT2D eigenvalue weighted by atomic mass is 10.1. The second-order valence-electron chi connectivity index (χ2n) is 5.38. The molecule has 3 rings (SSSR count). The van der Waals surface area contributed by atoms with Gasteiger partial charge in [0.2, 0.25) is 0 Å². The van der Waals surface area contributed by atoms with Crippen molar-refractivity contribution < 1.29 is 24.8 Å². The predicted octanol–water partition coefficient (Wildman–Crippen LogP) is -0.355. The zero-order valence-corrected chi connectivity index (χ0v) is 12.1. The van der Waals surface area contributed by atoms with E-state index in [1.165, 1.54) is 30.2 Å². The molecule has 2 aliphatic rings. The van der Waals surface area contributed by atoms with Crippen molar-refractivity contribution in [2.45, 2.75) is 18.9 Å². The van der Waals surface area contributed by atoms with Gasteiger partial charge in [0.15, 0.2) is 5.69 Å². The van der Waals surface area contributed by atoms with Gasteiger partial charge in [0.05, 0.1) is 11.3 Å². The molecule has 2 amide bonds. The molecule has 2 aliphatic heterocycles. The van der Waals surface area contributed by atoms with Gasteiger partial charge in [-0.2, -0.15) is 5.23 Å². The standard InChI is InChI=1S/C14H17N3O5/c1-22-8-16-12-7-9(17(20)21)4-5-10(12)13(18)15-6-2-3-11(15)14(16)19/h4-5,7,11,17,20H,2-3,6,8H2,1H3. The molecular weight excluding hydrogens is 290 g/mol. The van der Waals surface area contributed by atoms with Crippen molar-refractivity contribution in [2.24, 2.45) is 0 Å². The molecule has 1 fully saturated rings. The average molecular weight is 307 g/mol. The van der Waals surface area contributed by atoms with Gasteiger partial charge in [0, 0.05) is 25.8 Å². The van der Waals surface area contributed by atoms with E-state index >= 15 is 0 Å². The Labute approximate surface area is 127 Å². The van der Waals surface area contributed by atoms with Gasteiger partial charge in [-0.3, -0.25) is 14.5 Å². The van der Waals surface area contributed by atoms with Crippen molar-refractivity contribution in [2.75, 3.05) is 25.3 Å². The Kier molecular flexibility index (Phi) is 3.83. The summed E-state index contributed by atoms with van der Waals surface area (Å²) in [5.41, 5.74) is 0.661. The molecule has 2 unspecified atom stereocenters. The minimum absolute atomic E-state index is 0.0213. The molecule has 1 saturated heterocycles. The largest absolute Gasteiger partial charge is 0.595 e. The summed E-state index contributed by atoms with van der Waals surface area (Å²) in [6, 6.07) is 3.71. The number of nitrogens with one attached hydrogen (secondary N) is 1. The van der Waals surface area contributed by atoms with Crippen LogP contribution in [-0.4, -0.2) is 48.3 Å². The first-order valence-electron chi connectivity index (χ1n) is 7.03. The van der Waals surface area contributed by atoms with Crippen molar-refractivity contribution in [3.8, 4) is 0 Å². The van der Waals surface area contributed by atoms with Gasteiger partial charge in [0.1, 0.15) is 12.8 Å². The molecule has 118 valence electrons. The van der Waals surface area contributed by atoms with E-state index in [2.05, 4.69) is 0 Å². The summed E-state index contributed by atoms with van der Waals surface area (Å²) in [7, 11) is 1.45.